The number of rotatable bonds is 17. The second-order valence-corrected chi connectivity index (χ2v) is 15.2. The van der Waals surface area contributed by atoms with Crippen molar-refractivity contribution >= 4 is 47.3 Å². The standard InChI is InChI=1S/C35H48N6O8S/c1-18(2)14-25(39-34(46)27(19(3)4)40-30(42)21(6)37-33(45)26-15-20(5)49-41-26)32(44)38-24(16-23-12-13-36-31(23)43)28-29(50-28)35(47)48-17-22-10-8-7-9-11-22/h7-11,15,18-19,21,23-25,27-29H,12-14,16-17H2,1-6H3,(H,36,43)(H,37,45)(H,38,44)(H,39,46)(H,40,42)/p+1/t21-,23-,24-,25-,27-,28+,29+/m0/s1. The summed E-state index contributed by atoms with van der Waals surface area (Å²) in [6.07, 6.45) is 1.28. The fraction of sp³-hybridized carbons (Fsp3) is 0.571. The molecular formula is C35H49N6O8S+. The summed E-state index contributed by atoms with van der Waals surface area (Å²) in [5.41, 5.74) is 0.891. The third kappa shape index (κ3) is 10.8. The van der Waals surface area contributed by atoms with E-state index in [4.69, 9.17) is 9.26 Å². The van der Waals surface area contributed by atoms with Crippen LogP contribution in [-0.2, 0) is 47.1 Å². The number of amides is 5. The number of ether oxygens (including phenoxy) is 1. The predicted octanol–water partition coefficient (Wildman–Crippen LogP) is 1.09. The SMILES string of the molecule is Cc1cc(C(=O)N[C@@H](C)C(=O)N[C@H](C(=O)N[C@@H](CC(C)C)C(=O)N[C@@H](C[C@@H]2CCNC2=O)[C@H]2[SH+][C@H]2C(=O)OCc2ccccc2)C(C)C)no1. The van der Waals surface area contributed by atoms with Crippen LogP contribution in [0.2, 0.25) is 0 Å². The Morgan fingerprint density at radius 3 is 2.30 bits per heavy atom. The molecule has 272 valence electrons. The first-order valence-electron chi connectivity index (χ1n) is 17.1. The first-order chi connectivity index (χ1) is 23.7. The molecule has 2 saturated heterocycles. The van der Waals surface area contributed by atoms with E-state index in [-0.39, 0.29) is 47.2 Å². The maximum Gasteiger partial charge on any atom is 0.365 e. The van der Waals surface area contributed by atoms with Crippen molar-refractivity contribution in [2.45, 2.75) is 102 Å². The van der Waals surface area contributed by atoms with Gasteiger partial charge in [-0.15, -0.1) is 0 Å². The van der Waals surface area contributed by atoms with Crippen molar-refractivity contribution in [2.75, 3.05) is 6.54 Å². The summed E-state index contributed by atoms with van der Waals surface area (Å²) in [6.45, 7) is 11.2. The number of esters is 1. The average molecular weight is 714 g/mol. The van der Waals surface area contributed by atoms with Crippen molar-refractivity contribution < 1.29 is 38.0 Å². The zero-order valence-corrected chi connectivity index (χ0v) is 30.3. The molecule has 2 aliphatic rings. The van der Waals surface area contributed by atoms with Gasteiger partial charge in [-0.3, -0.25) is 24.0 Å². The summed E-state index contributed by atoms with van der Waals surface area (Å²) in [6, 6.07) is 7.33. The van der Waals surface area contributed by atoms with Gasteiger partial charge in [-0.1, -0.05) is 63.2 Å². The number of carbonyl (C=O) groups excluding carboxylic acids is 6. The molecule has 0 aliphatic carbocycles. The van der Waals surface area contributed by atoms with Crippen molar-refractivity contribution in [1.82, 2.24) is 31.7 Å². The maximum atomic E-state index is 13.9. The topological polar surface area (TPSA) is 198 Å². The van der Waals surface area contributed by atoms with Crippen molar-refractivity contribution in [3.8, 4) is 0 Å². The van der Waals surface area contributed by atoms with Crippen LogP contribution in [0.4, 0.5) is 0 Å². The van der Waals surface area contributed by atoms with E-state index in [1.54, 1.807) is 20.8 Å². The van der Waals surface area contributed by atoms with Crippen LogP contribution in [0, 0.1) is 24.7 Å². The van der Waals surface area contributed by atoms with E-state index in [1.807, 2.05) is 44.2 Å². The van der Waals surface area contributed by atoms with Crippen LogP contribution in [0.3, 0.4) is 0 Å². The first kappa shape index (κ1) is 38.4. The lowest BCUT2D eigenvalue weighted by Crippen LogP contribution is -2.59. The molecule has 0 spiro atoms. The summed E-state index contributed by atoms with van der Waals surface area (Å²) < 4.78 is 10.5. The lowest BCUT2D eigenvalue weighted by molar-refractivity contribution is -0.143. The Labute approximate surface area is 296 Å². The Bertz CT molecular complexity index is 1530. The van der Waals surface area contributed by atoms with Crippen molar-refractivity contribution in [1.29, 1.82) is 0 Å². The number of hydrogen-bond acceptors (Lipinski definition) is 9. The molecule has 50 heavy (non-hydrogen) atoms. The Morgan fingerprint density at radius 2 is 1.70 bits per heavy atom. The van der Waals surface area contributed by atoms with Crippen LogP contribution >= 0.6 is 0 Å². The van der Waals surface area contributed by atoms with Crippen LogP contribution in [0.1, 0.15) is 75.7 Å². The molecule has 0 unspecified atom stereocenters. The molecule has 7 atom stereocenters. The quantitative estimate of drug-likeness (QED) is 0.0690. The second-order valence-electron chi connectivity index (χ2n) is 13.7. The van der Waals surface area contributed by atoms with Crippen molar-refractivity contribution in [3.05, 3.63) is 53.4 Å². The Kier molecular flexibility index (Phi) is 13.4. The Balaban J connectivity index is 1.40. The minimum absolute atomic E-state index is 0.0207. The van der Waals surface area contributed by atoms with Crippen LogP contribution in [-0.4, -0.2) is 81.9 Å². The highest BCUT2D eigenvalue weighted by atomic mass is 32.2. The largest absolute Gasteiger partial charge is 0.457 e. The summed E-state index contributed by atoms with van der Waals surface area (Å²) in [5, 5.41) is 16.9. The third-order valence-corrected chi connectivity index (χ3v) is 10.2. The van der Waals surface area contributed by atoms with Gasteiger partial charge in [0.1, 0.15) is 30.5 Å². The number of benzene rings is 1. The number of aryl methyl sites for hydroxylation is 1. The molecule has 2 aliphatic heterocycles. The highest BCUT2D eigenvalue weighted by Gasteiger charge is 2.62. The Morgan fingerprint density at radius 1 is 0.980 bits per heavy atom. The molecule has 3 heterocycles. The molecule has 2 aromatic rings. The molecule has 15 heteroatoms. The van der Waals surface area contributed by atoms with E-state index >= 15 is 0 Å². The zero-order valence-electron chi connectivity index (χ0n) is 29.4. The third-order valence-electron chi connectivity index (χ3n) is 8.66. The number of hydrogen-bond donors (Lipinski definition) is 5. The fourth-order valence-electron chi connectivity index (χ4n) is 5.80. The lowest BCUT2D eigenvalue weighted by Gasteiger charge is -2.28. The number of thiol groups is 1. The van der Waals surface area contributed by atoms with Gasteiger partial charge in [0.25, 0.3) is 11.2 Å². The van der Waals surface area contributed by atoms with Gasteiger partial charge in [0.05, 0.1) is 6.04 Å². The van der Waals surface area contributed by atoms with Crippen molar-refractivity contribution in [2.24, 2.45) is 17.8 Å². The van der Waals surface area contributed by atoms with Gasteiger partial charge >= 0.3 is 5.97 Å². The normalized spacial score (nSPS) is 20.6. The molecular weight excluding hydrogens is 664 g/mol. The van der Waals surface area contributed by atoms with E-state index in [1.165, 1.54) is 13.0 Å². The number of nitrogens with one attached hydrogen (secondary N) is 5. The minimum atomic E-state index is -1.01. The van der Waals surface area contributed by atoms with E-state index in [0.717, 1.165) is 17.3 Å². The molecule has 1 aromatic carbocycles. The predicted molar refractivity (Wildman–Crippen MR) is 187 cm³/mol. The van der Waals surface area contributed by atoms with Crippen LogP contribution < -0.4 is 26.6 Å². The number of carbonyl (C=O) groups is 6. The Hall–Kier alpha value is -4.40. The molecule has 14 nitrogen and oxygen atoms in total. The van der Waals surface area contributed by atoms with E-state index in [2.05, 4.69) is 31.7 Å². The van der Waals surface area contributed by atoms with Crippen LogP contribution in [0.5, 0.6) is 0 Å². The van der Waals surface area contributed by atoms with E-state index < -0.39 is 53.0 Å². The molecule has 0 bridgehead atoms. The summed E-state index contributed by atoms with van der Waals surface area (Å²) >= 11 is 0.803. The van der Waals surface area contributed by atoms with Gasteiger partial charge in [0.2, 0.25) is 23.6 Å². The molecule has 1 aromatic heterocycles. The van der Waals surface area contributed by atoms with E-state index in [9.17, 15) is 28.8 Å². The van der Waals surface area contributed by atoms with Gasteiger partial charge in [-0.25, -0.2) is 4.79 Å². The summed E-state index contributed by atoms with van der Waals surface area (Å²) in [5.74, 6) is -2.85. The lowest BCUT2D eigenvalue weighted by atomic mass is 9.94. The fourth-order valence-corrected chi connectivity index (χ4v) is 7.01. The summed E-state index contributed by atoms with van der Waals surface area (Å²) in [4.78, 5) is 78.5. The van der Waals surface area contributed by atoms with Gasteiger partial charge < -0.3 is 35.8 Å². The molecule has 0 saturated carbocycles. The molecule has 5 N–H and O–H groups in total. The average Bonchev–Trinajstić information content (AvgIpc) is 3.59. The van der Waals surface area contributed by atoms with Crippen LogP contribution in [0.25, 0.3) is 0 Å². The van der Waals surface area contributed by atoms with Crippen LogP contribution in [0.15, 0.2) is 40.9 Å². The molecule has 4 rings (SSSR count). The second kappa shape index (κ2) is 17.5. The monoisotopic (exact) mass is 713 g/mol. The first-order valence-corrected chi connectivity index (χ1v) is 18.1. The molecule has 2 fully saturated rings. The molecule has 5 amide bonds. The molecule has 0 radical (unpaired) electrons. The number of nitrogens with zero attached hydrogens (tertiary/aromatic N) is 1. The maximum absolute atomic E-state index is 13.9. The summed E-state index contributed by atoms with van der Waals surface area (Å²) in [7, 11) is 0. The highest BCUT2D eigenvalue weighted by molar-refractivity contribution is 7.88. The van der Waals surface area contributed by atoms with Crippen molar-refractivity contribution in [3.63, 3.8) is 0 Å². The smallest absolute Gasteiger partial charge is 0.365 e. The van der Waals surface area contributed by atoms with Gasteiger partial charge in [0.15, 0.2) is 10.9 Å². The minimum Gasteiger partial charge on any atom is -0.457 e. The van der Waals surface area contributed by atoms with Gasteiger partial charge in [-0.05, 0) is 50.5 Å². The highest BCUT2D eigenvalue weighted by Crippen LogP contribution is 2.33. The van der Waals surface area contributed by atoms with Gasteiger partial charge in [-0.2, -0.15) is 0 Å². The van der Waals surface area contributed by atoms with E-state index in [0.29, 0.717) is 31.6 Å². The zero-order chi connectivity index (χ0) is 36.5. The number of aromatic nitrogens is 1. The van der Waals surface area contributed by atoms with Gasteiger partial charge in [0, 0.05) is 30.3 Å².